The first kappa shape index (κ1) is 5.17. The molecule has 2 N–H and O–H groups in total. The number of aromatic hydroxyl groups is 1. The van der Waals surface area contributed by atoms with E-state index >= 15 is 0 Å². The normalized spacial score (nSPS) is 10.0. The fourth-order valence-corrected chi connectivity index (χ4v) is 0.828. The van der Waals surface area contributed by atoms with Gasteiger partial charge in [0.2, 0.25) is 5.88 Å². The number of nitrogens with zero attached hydrogens (tertiary/aromatic N) is 1. The summed E-state index contributed by atoms with van der Waals surface area (Å²) in [6.45, 7) is 0. The Balaban J connectivity index is 3.35. The predicted molar refractivity (Wildman–Crippen MR) is 32.1 cm³/mol. The van der Waals surface area contributed by atoms with Gasteiger partial charge in [-0.25, -0.2) is 4.79 Å². The van der Waals surface area contributed by atoms with Crippen molar-refractivity contribution in [1.82, 2.24) is 9.22 Å². The van der Waals surface area contributed by atoms with Crippen LogP contribution in [0, 0.1) is 0 Å². The molecule has 0 radical (unpaired) electrons. The maximum absolute atomic E-state index is 10.4. The highest BCUT2D eigenvalue weighted by Crippen LogP contribution is 1.93. The summed E-state index contributed by atoms with van der Waals surface area (Å²) in [4.78, 5) is 12.6. The van der Waals surface area contributed by atoms with Gasteiger partial charge in [-0.1, -0.05) is 0 Å². The van der Waals surface area contributed by atoms with Gasteiger partial charge in [0.25, 0.3) is 0 Å². The monoisotopic (exact) mass is 130 g/mol. The van der Waals surface area contributed by atoms with E-state index in [2.05, 4.69) is 4.98 Å². The van der Waals surface area contributed by atoms with Crippen molar-refractivity contribution in [3.05, 3.63) is 16.7 Å². The van der Waals surface area contributed by atoms with E-state index in [1.165, 1.54) is 10.4 Å². The lowest BCUT2D eigenvalue weighted by molar-refractivity contribution is 0.455. The smallest absolute Gasteiger partial charge is 0.319 e. The summed E-state index contributed by atoms with van der Waals surface area (Å²) in [5, 5.41) is 8.58. The minimum atomic E-state index is -0.242. The first-order valence-electron chi connectivity index (χ1n) is 2.15. The molecule has 0 amide bonds. The van der Waals surface area contributed by atoms with Crippen molar-refractivity contribution in [3.63, 3.8) is 0 Å². The van der Waals surface area contributed by atoms with Crippen LogP contribution in [0.4, 0.5) is 0 Å². The minimum absolute atomic E-state index is 0.0648. The van der Waals surface area contributed by atoms with Crippen LogP contribution in [0.5, 0.6) is 5.88 Å². The van der Waals surface area contributed by atoms with Gasteiger partial charge in [0.1, 0.15) is 10.4 Å². The molecule has 0 bridgehead atoms. The number of imidazole rings is 1. The lowest BCUT2D eigenvalue weighted by atomic mass is 10.9. The second kappa shape index (κ2) is 1.51. The molecule has 1 heterocycles. The van der Waals surface area contributed by atoms with E-state index in [-0.39, 0.29) is 11.6 Å². The number of hydrogen-bond acceptors (Lipinski definition) is 2. The summed E-state index contributed by atoms with van der Waals surface area (Å²) in [6.07, 6.45) is 1.37. The van der Waals surface area contributed by atoms with Gasteiger partial charge in [0.15, 0.2) is 0 Å². The average Bonchev–Trinajstić information content (AvgIpc) is 1.85. The maximum Gasteiger partial charge on any atom is 0.319 e. The zero-order chi connectivity index (χ0) is 6.15. The Morgan fingerprint density at radius 1 is 1.88 bits per heavy atom. The van der Waals surface area contributed by atoms with Crippen molar-refractivity contribution in [1.29, 1.82) is 0 Å². The van der Waals surface area contributed by atoms with E-state index in [1.807, 2.05) is 0 Å². The summed E-state index contributed by atoms with van der Waals surface area (Å²) in [5.41, 5.74) is -0.242. The number of aromatic amines is 1. The molecule has 0 saturated carbocycles. The molecule has 5 heteroatoms. The van der Waals surface area contributed by atoms with Crippen molar-refractivity contribution < 1.29 is 5.11 Å². The third-order valence-electron chi connectivity index (χ3n) is 0.871. The summed E-state index contributed by atoms with van der Waals surface area (Å²) < 4.78 is 1.40. The lowest BCUT2D eigenvalue weighted by Crippen LogP contribution is -2.13. The quantitative estimate of drug-likeness (QED) is 0.399. The third-order valence-corrected chi connectivity index (χ3v) is 1.54. The van der Waals surface area contributed by atoms with E-state index in [4.69, 9.17) is 5.11 Å². The van der Waals surface area contributed by atoms with Crippen LogP contribution in [-0.4, -0.2) is 24.7 Å². The fraction of sp³-hybridized carbons (Fsp3) is 0. The molecule has 0 spiro atoms. The molecule has 4 nitrogen and oxygen atoms in total. The molecule has 0 atom stereocenters. The van der Waals surface area contributed by atoms with Gasteiger partial charge in [-0.2, -0.15) is 0 Å². The van der Waals surface area contributed by atoms with Crippen LogP contribution in [0.25, 0.3) is 0 Å². The SMILES string of the molecule is O=c1[nH]c(O)cn1[SiH3]. The molecule has 1 aromatic heterocycles. The Hall–Kier alpha value is -0.973. The Kier molecular flexibility index (Phi) is 0.979. The fourth-order valence-electron chi connectivity index (χ4n) is 0.472. The molecule has 1 aromatic rings. The lowest BCUT2D eigenvalue weighted by Gasteiger charge is -1.77. The van der Waals surface area contributed by atoms with Gasteiger partial charge in [-0.15, -0.1) is 0 Å². The predicted octanol–water partition coefficient (Wildman–Crippen LogP) is -1.99. The zero-order valence-electron chi connectivity index (χ0n) is 4.38. The molecule has 1 rings (SSSR count). The second-order valence-electron chi connectivity index (χ2n) is 1.56. The highest BCUT2D eigenvalue weighted by Gasteiger charge is 1.91. The van der Waals surface area contributed by atoms with Crippen LogP contribution in [0.3, 0.4) is 0 Å². The molecule has 0 aliphatic carbocycles. The van der Waals surface area contributed by atoms with Crippen LogP contribution >= 0.6 is 0 Å². The van der Waals surface area contributed by atoms with Crippen LogP contribution in [0.1, 0.15) is 0 Å². The number of hydrogen-bond donors (Lipinski definition) is 2. The number of aromatic nitrogens is 2. The van der Waals surface area contributed by atoms with Gasteiger partial charge in [-0.3, -0.25) is 4.98 Å². The van der Waals surface area contributed by atoms with Crippen molar-refractivity contribution >= 4 is 10.4 Å². The van der Waals surface area contributed by atoms with Gasteiger partial charge in [0.05, 0.1) is 6.20 Å². The van der Waals surface area contributed by atoms with Crippen molar-refractivity contribution in [2.45, 2.75) is 0 Å². The number of H-pyrrole nitrogens is 1. The van der Waals surface area contributed by atoms with E-state index in [0.29, 0.717) is 10.4 Å². The van der Waals surface area contributed by atoms with E-state index < -0.39 is 0 Å². The van der Waals surface area contributed by atoms with Crippen LogP contribution < -0.4 is 5.69 Å². The molecule has 0 aliphatic heterocycles. The molecule has 0 saturated heterocycles. The Morgan fingerprint density at radius 3 is 2.62 bits per heavy atom. The molecular formula is C3H6N2O2Si. The first-order valence-corrected chi connectivity index (χ1v) is 3.04. The van der Waals surface area contributed by atoms with Crippen molar-refractivity contribution in [2.24, 2.45) is 0 Å². The van der Waals surface area contributed by atoms with E-state index in [0.717, 1.165) is 0 Å². The van der Waals surface area contributed by atoms with Gasteiger partial charge in [0, 0.05) is 0 Å². The van der Waals surface area contributed by atoms with Gasteiger partial charge < -0.3 is 9.34 Å². The molecule has 8 heavy (non-hydrogen) atoms. The van der Waals surface area contributed by atoms with Crippen LogP contribution in [-0.2, 0) is 0 Å². The van der Waals surface area contributed by atoms with E-state index in [9.17, 15) is 4.79 Å². The molecular weight excluding hydrogens is 124 g/mol. The number of rotatable bonds is 0. The summed E-state index contributed by atoms with van der Waals surface area (Å²) >= 11 is 0. The minimum Gasteiger partial charge on any atom is -0.493 e. The van der Waals surface area contributed by atoms with Crippen molar-refractivity contribution in [2.75, 3.05) is 0 Å². The Bertz CT molecular complexity index is 238. The van der Waals surface area contributed by atoms with Crippen LogP contribution in [0.15, 0.2) is 11.0 Å². The van der Waals surface area contributed by atoms with Gasteiger partial charge in [-0.05, 0) is 0 Å². The van der Waals surface area contributed by atoms with Gasteiger partial charge >= 0.3 is 5.69 Å². The highest BCUT2D eigenvalue weighted by molar-refractivity contribution is 6.06. The molecule has 44 valence electrons. The standard InChI is InChI=1S/C3H6N2O2Si/c6-2-1-5(8)3(7)4-2/h1,6H,8H3,(H,4,7). The Labute approximate surface area is 48.3 Å². The van der Waals surface area contributed by atoms with Crippen LogP contribution in [0.2, 0.25) is 0 Å². The summed E-state index contributed by atoms with van der Waals surface area (Å²) in [7, 11) is 0.610. The molecule has 0 aliphatic rings. The summed E-state index contributed by atoms with van der Waals surface area (Å²) in [5.74, 6) is -0.0648. The summed E-state index contributed by atoms with van der Waals surface area (Å²) in [6, 6.07) is 0. The largest absolute Gasteiger partial charge is 0.493 e. The topological polar surface area (TPSA) is 58.0 Å². The molecule has 0 aromatic carbocycles. The van der Waals surface area contributed by atoms with Crippen molar-refractivity contribution in [3.8, 4) is 5.88 Å². The number of nitrogens with one attached hydrogen (secondary N) is 1. The third kappa shape index (κ3) is 0.670. The first-order chi connectivity index (χ1) is 3.70. The Morgan fingerprint density at radius 2 is 2.50 bits per heavy atom. The maximum atomic E-state index is 10.4. The average molecular weight is 130 g/mol. The molecule has 0 fully saturated rings. The second-order valence-corrected chi connectivity index (χ2v) is 2.52. The molecule has 0 unspecified atom stereocenters. The van der Waals surface area contributed by atoms with E-state index in [1.54, 1.807) is 0 Å². The zero-order valence-corrected chi connectivity index (χ0v) is 6.38. The highest BCUT2D eigenvalue weighted by atomic mass is 28.2.